The largest absolute Gasteiger partial charge is 0.530 e. The van der Waals surface area contributed by atoms with Crippen LogP contribution in [0.4, 0.5) is 0 Å². The highest BCUT2D eigenvalue weighted by Crippen LogP contribution is 2.57. The maximum Gasteiger partial charge on any atom is 0.530 e. The third kappa shape index (κ3) is 12.1. The molecule has 0 aliphatic heterocycles. The van der Waals surface area contributed by atoms with Gasteiger partial charge in [-0.2, -0.15) is 0 Å². The van der Waals surface area contributed by atoms with Crippen LogP contribution in [0.15, 0.2) is 158 Å². The predicted molar refractivity (Wildman–Crippen MR) is 308 cm³/mol. The SMILES string of the molecule is COC(=O)c1cc2ccccc2c(-c2c(OP(Oc3ccccc3C(C)(C)C)Oc3ccccc3C(C)(C)C)c(C(=O)OC)cc3ccccc23)c1OP(Oc1ccccc1C(C)(C)C)Oc1ccccc1C(C)(C)C. The Balaban J connectivity index is 1.47. The van der Waals surface area contributed by atoms with Crippen LogP contribution in [0.5, 0.6) is 34.5 Å². The van der Waals surface area contributed by atoms with E-state index in [1.54, 1.807) is 12.1 Å². The van der Waals surface area contributed by atoms with E-state index >= 15 is 0 Å². The van der Waals surface area contributed by atoms with Gasteiger partial charge in [0.1, 0.15) is 34.1 Å². The quantitative estimate of drug-likeness (QED) is 0.0727. The first kappa shape index (κ1) is 55.1. The van der Waals surface area contributed by atoms with Crippen molar-refractivity contribution in [2.45, 2.75) is 105 Å². The molecule has 0 saturated carbocycles. The van der Waals surface area contributed by atoms with E-state index in [9.17, 15) is 9.59 Å². The number of rotatable bonds is 15. The maximum absolute atomic E-state index is 14.6. The summed E-state index contributed by atoms with van der Waals surface area (Å²) in [7, 11) is -2.35. The summed E-state index contributed by atoms with van der Waals surface area (Å²) < 4.78 is 53.9. The molecule has 0 aliphatic carbocycles. The summed E-state index contributed by atoms with van der Waals surface area (Å²) in [6.45, 7) is 25.3. The number of fused-ring (bicyclic) bond motifs is 2. The molecular formula is C64H68O10P2. The van der Waals surface area contributed by atoms with Gasteiger partial charge in [-0.1, -0.05) is 204 Å². The first-order valence-corrected chi connectivity index (χ1v) is 27.5. The number of esters is 2. The first-order chi connectivity index (χ1) is 36.0. The molecule has 0 heterocycles. The van der Waals surface area contributed by atoms with Crippen molar-refractivity contribution >= 4 is 50.7 Å². The summed E-state index contributed by atoms with van der Waals surface area (Å²) in [5.74, 6) is 0.854. The molecule has 12 heteroatoms. The van der Waals surface area contributed by atoms with Crippen molar-refractivity contribution in [1.82, 2.24) is 0 Å². The molecular weight excluding hydrogens is 991 g/mol. The van der Waals surface area contributed by atoms with Crippen molar-refractivity contribution in [3.05, 3.63) is 191 Å². The van der Waals surface area contributed by atoms with Crippen LogP contribution < -0.4 is 27.1 Å². The Morgan fingerprint density at radius 2 is 0.592 bits per heavy atom. The minimum Gasteiger partial charge on any atom is -0.465 e. The van der Waals surface area contributed by atoms with Crippen molar-refractivity contribution in [1.29, 1.82) is 0 Å². The highest BCUT2D eigenvalue weighted by atomic mass is 31.2. The van der Waals surface area contributed by atoms with Gasteiger partial charge >= 0.3 is 29.1 Å². The van der Waals surface area contributed by atoms with Crippen LogP contribution in [0.25, 0.3) is 32.7 Å². The highest BCUT2D eigenvalue weighted by Gasteiger charge is 2.37. The Bertz CT molecular complexity index is 3070. The van der Waals surface area contributed by atoms with Gasteiger partial charge in [0.05, 0.1) is 14.2 Å². The standard InChI is InChI=1S/C64H68O10P2/c1-61(2,3)47-31-19-23-35-51(47)69-75(70-52-36-24-20-32-48(52)62(4,5)6)73-57-45(59(65)67-13)39-41-27-15-17-29-43(41)55(57)56-44-30-18-16-28-42(44)40-46(60(66)68-14)58(56)74-76(71-53-37-25-21-33-49(53)63(7,8)9)72-54-38-26-22-34-50(54)64(10,11)12/h15-40H,1-14H3. The molecule has 8 rings (SSSR count). The molecule has 394 valence electrons. The van der Waals surface area contributed by atoms with Crippen molar-refractivity contribution < 1.29 is 46.2 Å². The van der Waals surface area contributed by atoms with Gasteiger partial charge in [0.25, 0.3) is 0 Å². The zero-order valence-electron chi connectivity index (χ0n) is 46.0. The van der Waals surface area contributed by atoms with Gasteiger partial charge in [-0.3, -0.25) is 0 Å². The summed E-state index contributed by atoms with van der Waals surface area (Å²) in [6, 6.07) is 49.8. The number of ether oxygens (including phenoxy) is 2. The van der Waals surface area contributed by atoms with Crippen LogP contribution in [-0.2, 0) is 31.1 Å². The minimum atomic E-state index is -2.50. The number of carbonyl (C=O) groups excluding carboxylic acids is 2. The molecule has 0 radical (unpaired) electrons. The van der Waals surface area contributed by atoms with E-state index in [1.165, 1.54) is 14.2 Å². The molecule has 0 bridgehead atoms. The molecule has 0 aromatic heterocycles. The summed E-state index contributed by atoms with van der Waals surface area (Å²) in [5, 5.41) is 2.62. The lowest BCUT2D eigenvalue weighted by Gasteiger charge is -2.29. The van der Waals surface area contributed by atoms with E-state index < -0.39 is 29.1 Å². The van der Waals surface area contributed by atoms with Crippen molar-refractivity contribution in [3.63, 3.8) is 0 Å². The number of carbonyl (C=O) groups is 2. The average molecular weight is 1060 g/mol. The number of hydrogen-bond acceptors (Lipinski definition) is 10. The van der Waals surface area contributed by atoms with Crippen LogP contribution in [0.3, 0.4) is 0 Å². The first-order valence-electron chi connectivity index (χ1n) is 25.3. The molecule has 8 aromatic carbocycles. The van der Waals surface area contributed by atoms with Gasteiger partial charge in [0.15, 0.2) is 11.5 Å². The Morgan fingerprint density at radius 3 is 0.855 bits per heavy atom. The molecule has 0 atom stereocenters. The summed E-state index contributed by atoms with van der Waals surface area (Å²) >= 11 is 0. The number of methoxy groups -OCH3 is 2. The van der Waals surface area contributed by atoms with Crippen LogP contribution in [0, 0.1) is 0 Å². The zero-order valence-corrected chi connectivity index (χ0v) is 47.8. The molecule has 0 saturated heterocycles. The second kappa shape index (κ2) is 22.2. The Kier molecular flexibility index (Phi) is 16.1. The van der Waals surface area contributed by atoms with Gasteiger partial charge in [-0.25, -0.2) is 9.59 Å². The van der Waals surface area contributed by atoms with E-state index in [1.807, 2.05) is 146 Å². The van der Waals surface area contributed by atoms with Gasteiger partial charge < -0.3 is 36.6 Å². The third-order valence-electron chi connectivity index (χ3n) is 12.9. The lowest BCUT2D eigenvalue weighted by Crippen LogP contribution is -2.16. The van der Waals surface area contributed by atoms with Crippen LogP contribution in [0.2, 0.25) is 0 Å². The molecule has 0 spiro atoms. The summed E-state index contributed by atoms with van der Waals surface area (Å²) in [4.78, 5) is 29.2. The van der Waals surface area contributed by atoms with Crippen molar-refractivity contribution in [2.75, 3.05) is 14.2 Å². The smallest absolute Gasteiger partial charge is 0.465 e. The van der Waals surface area contributed by atoms with Crippen molar-refractivity contribution in [3.8, 4) is 45.6 Å². The Labute approximate surface area is 450 Å². The van der Waals surface area contributed by atoms with Crippen LogP contribution >= 0.6 is 17.2 Å². The maximum atomic E-state index is 14.6. The fraction of sp³-hybridized carbons (Fsp3) is 0.281. The molecule has 0 fully saturated rings. The third-order valence-corrected chi connectivity index (χ3v) is 14.9. The Hall–Kier alpha value is -7.12. The Morgan fingerprint density at radius 1 is 0.342 bits per heavy atom. The zero-order chi connectivity index (χ0) is 54.7. The molecule has 0 unspecified atom stereocenters. The van der Waals surface area contributed by atoms with Gasteiger partial charge in [-0.05, 0) is 79.6 Å². The summed E-state index contributed by atoms with van der Waals surface area (Å²) in [6.07, 6.45) is 0. The highest BCUT2D eigenvalue weighted by molar-refractivity contribution is 7.43. The molecule has 8 aromatic rings. The molecule has 0 N–H and O–H groups in total. The molecule has 10 nitrogen and oxygen atoms in total. The van der Waals surface area contributed by atoms with E-state index in [-0.39, 0.29) is 44.3 Å². The molecule has 76 heavy (non-hydrogen) atoms. The van der Waals surface area contributed by atoms with Crippen molar-refractivity contribution in [2.24, 2.45) is 0 Å². The van der Waals surface area contributed by atoms with Gasteiger partial charge in [0.2, 0.25) is 0 Å². The number of hydrogen-bond donors (Lipinski definition) is 0. The summed E-state index contributed by atoms with van der Waals surface area (Å²) in [5.41, 5.74) is 3.12. The topological polar surface area (TPSA) is 108 Å². The second-order valence-electron chi connectivity index (χ2n) is 22.7. The minimum absolute atomic E-state index is 0.0532. The predicted octanol–water partition coefficient (Wildman–Crippen LogP) is 18.0. The lowest BCUT2D eigenvalue weighted by atomic mass is 9.86. The number of para-hydroxylation sites is 4. The van der Waals surface area contributed by atoms with E-state index in [0.29, 0.717) is 55.7 Å². The number of benzene rings is 8. The monoisotopic (exact) mass is 1060 g/mol. The lowest BCUT2D eigenvalue weighted by molar-refractivity contribution is 0.0589. The molecule has 0 amide bonds. The fourth-order valence-electron chi connectivity index (χ4n) is 9.11. The van der Waals surface area contributed by atoms with Crippen LogP contribution in [-0.4, -0.2) is 26.2 Å². The normalized spacial score (nSPS) is 12.2. The van der Waals surface area contributed by atoms with Gasteiger partial charge in [0, 0.05) is 33.4 Å². The molecule has 0 aliphatic rings. The fourth-order valence-corrected chi connectivity index (χ4v) is 11.3. The average Bonchev–Trinajstić information content (AvgIpc) is 3.39. The van der Waals surface area contributed by atoms with Crippen LogP contribution in [0.1, 0.15) is 126 Å². The van der Waals surface area contributed by atoms with E-state index in [4.69, 9.17) is 36.6 Å². The van der Waals surface area contributed by atoms with E-state index in [0.717, 1.165) is 22.3 Å². The second-order valence-corrected chi connectivity index (χ2v) is 24.7. The van der Waals surface area contributed by atoms with E-state index in [2.05, 4.69) is 83.1 Å². The van der Waals surface area contributed by atoms with Gasteiger partial charge in [-0.15, -0.1) is 0 Å².